The standard InChI is InChI=1S/C32H27FN6O3S/c1-42-25-13-7-20(8-14-25)17-27-35-28(29-32(36-27)38-31(37-29)22-5-3-2-4-6-22)26-18-34-39(24-15-16-43(40,41)19-24)30(26)21-9-11-23(33)12-10-21/h2-14,18,24H,15-17,19H2,1H3,(H,35,36,37,38). The Kier molecular flexibility index (Phi) is 6.73. The number of H-pyrrole nitrogens is 1. The molecular formula is C32H27FN6O3S. The Bertz CT molecular complexity index is 2040. The van der Waals surface area contributed by atoms with Crippen LogP contribution in [0.4, 0.5) is 4.39 Å². The largest absolute Gasteiger partial charge is 0.497 e. The zero-order valence-electron chi connectivity index (χ0n) is 23.2. The third-order valence-corrected chi connectivity index (χ3v) is 9.44. The van der Waals surface area contributed by atoms with Crippen molar-refractivity contribution in [3.05, 3.63) is 102 Å². The van der Waals surface area contributed by atoms with Crippen LogP contribution < -0.4 is 4.74 Å². The molecule has 0 amide bonds. The van der Waals surface area contributed by atoms with Gasteiger partial charge in [-0.1, -0.05) is 42.5 Å². The van der Waals surface area contributed by atoms with Crippen LogP contribution in [-0.2, 0) is 16.3 Å². The van der Waals surface area contributed by atoms with Gasteiger partial charge in [-0.15, -0.1) is 0 Å². The van der Waals surface area contributed by atoms with E-state index in [-0.39, 0.29) is 23.4 Å². The van der Waals surface area contributed by atoms with E-state index in [4.69, 9.17) is 24.8 Å². The monoisotopic (exact) mass is 594 g/mol. The molecule has 4 heterocycles. The van der Waals surface area contributed by atoms with Crippen LogP contribution in [-0.4, -0.2) is 56.7 Å². The van der Waals surface area contributed by atoms with E-state index >= 15 is 0 Å². The molecule has 1 unspecified atom stereocenters. The van der Waals surface area contributed by atoms with Crippen LogP contribution in [0.1, 0.15) is 23.9 Å². The smallest absolute Gasteiger partial charge is 0.182 e. The molecule has 1 N–H and O–H groups in total. The van der Waals surface area contributed by atoms with Crippen LogP contribution in [0.3, 0.4) is 0 Å². The lowest BCUT2D eigenvalue weighted by Crippen LogP contribution is -2.13. The van der Waals surface area contributed by atoms with Gasteiger partial charge in [-0.3, -0.25) is 4.68 Å². The highest BCUT2D eigenvalue weighted by Crippen LogP contribution is 2.38. The van der Waals surface area contributed by atoms with Gasteiger partial charge in [-0.2, -0.15) is 5.10 Å². The average molecular weight is 595 g/mol. The summed E-state index contributed by atoms with van der Waals surface area (Å²) in [6.07, 6.45) is 2.59. The van der Waals surface area contributed by atoms with Crippen molar-refractivity contribution in [3.8, 4) is 39.7 Å². The number of benzene rings is 3. The predicted octanol–water partition coefficient (Wildman–Crippen LogP) is 5.65. The third-order valence-electron chi connectivity index (χ3n) is 7.69. The molecule has 0 radical (unpaired) electrons. The van der Waals surface area contributed by atoms with Gasteiger partial charge in [0.15, 0.2) is 15.5 Å². The lowest BCUT2D eigenvalue weighted by molar-refractivity contribution is 0.414. The number of sulfone groups is 1. The molecule has 0 bridgehead atoms. The van der Waals surface area contributed by atoms with E-state index in [9.17, 15) is 12.8 Å². The zero-order valence-corrected chi connectivity index (χ0v) is 24.1. The summed E-state index contributed by atoms with van der Waals surface area (Å²) >= 11 is 0. The van der Waals surface area contributed by atoms with E-state index in [0.717, 1.165) is 16.9 Å². The highest BCUT2D eigenvalue weighted by Gasteiger charge is 2.33. The first-order valence-electron chi connectivity index (χ1n) is 13.9. The van der Waals surface area contributed by atoms with Crippen molar-refractivity contribution in [1.29, 1.82) is 0 Å². The van der Waals surface area contributed by atoms with Gasteiger partial charge in [-0.25, -0.2) is 27.8 Å². The van der Waals surface area contributed by atoms with Gasteiger partial charge < -0.3 is 9.72 Å². The van der Waals surface area contributed by atoms with Crippen LogP contribution in [0, 0.1) is 5.82 Å². The van der Waals surface area contributed by atoms with Crippen LogP contribution in [0.5, 0.6) is 5.75 Å². The molecule has 7 rings (SSSR count). The van der Waals surface area contributed by atoms with Crippen LogP contribution in [0.25, 0.3) is 45.1 Å². The quantitative estimate of drug-likeness (QED) is 0.254. The van der Waals surface area contributed by atoms with Gasteiger partial charge in [0.1, 0.15) is 34.4 Å². The first kappa shape index (κ1) is 27.0. The normalized spacial score (nSPS) is 16.1. The van der Waals surface area contributed by atoms with Crippen LogP contribution in [0.2, 0.25) is 0 Å². The van der Waals surface area contributed by atoms with E-state index in [0.29, 0.717) is 58.2 Å². The number of ether oxygens (including phenoxy) is 1. The first-order valence-corrected chi connectivity index (χ1v) is 15.7. The molecule has 1 aliphatic heterocycles. The molecule has 3 aromatic heterocycles. The zero-order chi connectivity index (χ0) is 29.6. The van der Waals surface area contributed by atoms with E-state index in [1.165, 1.54) is 12.1 Å². The fourth-order valence-electron chi connectivity index (χ4n) is 5.55. The maximum absolute atomic E-state index is 14.0. The Hall–Kier alpha value is -4.90. The highest BCUT2D eigenvalue weighted by atomic mass is 32.2. The van der Waals surface area contributed by atoms with Crippen molar-refractivity contribution < 1.29 is 17.5 Å². The number of imidazole rings is 1. The molecule has 9 nitrogen and oxygen atoms in total. The number of rotatable bonds is 7. The highest BCUT2D eigenvalue weighted by molar-refractivity contribution is 7.91. The SMILES string of the molecule is COc1ccc(Cc2nc(-c3cnn(C4CCS(=O)(=O)C4)c3-c3ccc(F)cc3)c3[nH]c(-c4ccccc4)nc3n2)cc1. The number of hydrogen-bond donors (Lipinski definition) is 1. The summed E-state index contributed by atoms with van der Waals surface area (Å²) in [6.45, 7) is 0. The molecule has 0 spiro atoms. The number of nitrogens with one attached hydrogen (secondary N) is 1. The summed E-state index contributed by atoms with van der Waals surface area (Å²) in [5, 5.41) is 4.69. The summed E-state index contributed by atoms with van der Waals surface area (Å²) in [5.74, 6) is 1.68. The van der Waals surface area contributed by atoms with Gasteiger partial charge in [0, 0.05) is 23.1 Å². The van der Waals surface area contributed by atoms with Crippen molar-refractivity contribution in [3.63, 3.8) is 0 Å². The molecule has 1 atom stereocenters. The van der Waals surface area contributed by atoms with Crippen LogP contribution >= 0.6 is 0 Å². The summed E-state index contributed by atoms with van der Waals surface area (Å²) in [4.78, 5) is 18.1. The fourth-order valence-corrected chi connectivity index (χ4v) is 7.24. The average Bonchev–Trinajstić information content (AvgIpc) is 3.74. The molecule has 3 aromatic carbocycles. The molecule has 1 aliphatic rings. The molecule has 1 fully saturated rings. The number of hydrogen-bond acceptors (Lipinski definition) is 7. The molecule has 6 aromatic rings. The van der Waals surface area contributed by atoms with Gasteiger partial charge >= 0.3 is 0 Å². The molecule has 11 heteroatoms. The summed E-state index contributed by atoms with van der Waals surface area (Å²) in [5.41, 5.74) is 5.62. The molecule has 43 heavy (non-hydrogen) atoms. The van der Waals surface area contributed by atoms with Crippen molar-refractivity contribution >= 4 is 21.0 Å². The van der Waals surface area contributed by atoms with E-state index in [1.807, 2.05) is 54.6 Å². The minimum absolute atomic E-state index is 0.00751. The number of halogens is 1. The number of nitrogens with zero attached hydrogens (tertiary/aromatic N) is 5. The Morgan fingerprint density at radius 3 is 2.42 bits per heavy atom. The second kappa shape index (κ2) is 10.7. The maximum Gasteiger partial charge on any atom is 0.182 e. The summed E-state index contributed by atoms with van der Waals surface area (Å²) in [7, 11) is -1.56. The van der Waals surface area contributed by atoms with Gasteiger partial charge in [-0.05, 0) is 48.4 Å². The third kappa shape index (κ3) is 5.27. The van der Waals surface area contributed by atoms with E-state index in [1.54, 1.807) is 30.1 Å². The summed E-state index contributed by atoms with van der Waals surface area (Å²) < 4.78 is 45.9. The van der Waals surface area contributed by atoms with Crippen molar-refractivity contribution in [2.45, 2.75) is 18.9 Å². The molecule has 0 saturated carbocycles. The number of fused-ring (bicyclic) bond motifs is 1. The number of aromatic amines is 1. The minimum atomic E-state index is -3.18. The van der Waals surface area contributed by atoms with E-state index < -0.39 is 9.84 Å². The first-order chi connectivity index (χ1) is 20.9. The second-order valence-corrected chi connectivity index (χ2v) is 12.8. The van der Waals surface area contributed by atoms with Gasteiger partial charge in [0.2, 0.25) is 0 Å². The number of aromatic nitrogens is 6. The lowest BCUT2D eigenvalue weighted by atomic mass is 10.0. The molecular weight excluding hydrogens is 567 g/mol. The van der Waals surface area contributed by atoms with Gasteiger partial charge in [0.25, 0.3) is 0 Å². The molecule has 0 aliphatic carbocycles. The summed E-state index contributed by atoms with van der Waals surface area (Å²) in [6, 6.07) is 23.2. The topological polar surface area (TPSA) is 116 Å². The van der Waals surface area contributed by atoms with Gasteiger partial charge in [0.05, 0.1) is 36.5 Å². The Labute approximate surface area is 247 Å². The Morgan fingerprint density at radius 2 is 1.72 bits per heavy atom. The number of methoxy groups -OCH3 is 1. The Balaban J connectivity index is 1.43. The van der Waals surface area contributed by atoms with Crippen molar-refractivity contribution in [1.82, 2.24) is 29.7 Å². The lowest BCUT2D eigenvalue weighted by Gasteiger charge is -2.15. The predicted molar refractivity (Wildman–Crippen MR) is 162 cm³/mol. The minimum Gasteiger partial charge on any atom is -0.497 e. The molecule has 1 saturated heterocycles. The van der Waals surface area contributed by atoms with Crippen LogP contribution in [0.15, 0.2) is 85.1 Å². The second-order valence-electron chi connectivity index (χ2n) is 10.6. The fraction of sp³-hybridized carbons (Fsp3) is 0.188. The Morgan fingerprint density at radius 1 is 0.953 bits per heavy atom. The van der Waals surface area contributed by atoms with Crippen molar-refractivity contribution in [2.24, 2.45) is 0 Å². The maximum atomic E-state index is 14.0. The van der Waals surface area contributed by atoms with Crippen molar-refractivity contribution in [2.75, 3.05) is 18.6 Å². The molecule has 216 valence electrons. The van der Waals surface area contributed by atoms with E-state index in [2.05, 4.69) is 4.98 Å².